The van der Waals surface area contributed by atoms with Gasteiger partial charge in [0.25, 0.3) is 0 Å². The first-order valence-electron chi connectivity index (χ1n) is 9.60. The van der Waals surface area contributed by atoms with Crippen LogP contribution in [0.1, 0.15) is 43.7 Å². The smallest absolute Gasteiger partial charge is 0.317 e. The zero-order valence-electron chi connectivity index (χ0n) is 15.5. The molecule has 2 N–H and O–H groups in total. The second-order valence-electron chi connectivity index (χ2n) is 7.56. The minimum atomic E-state index is -0.820. The van der Waals surface area contributed by atoms with Crippen LogP contribution >= 0.6 is 0 Å². The maximum Gasteiger partial charge on any atom is 0.317 e. The number of urea groups is 1. The van der Waals surface area contributed by atoms with Gasteiger partial charge in [0, 0.05) is 32.2 Å². The minimum Gasteiger partial charge on any atom is -0.481 e. The van der Waals surface area contributed by atoms with Gasteiger partial charge in [0.2, 0.25) is 0 Å². The second kappa shape index (κ2) is 8.54. The summed E-state index contributed by atoms with van der Waals surface area (Å²) in [6, 6.07) is 8.87. The Morgan fingerprint density at radius 2 is 1.85 bits per heavy atom. The maximum absolute atomic E-state index is 12.2. The fourth-order valence-electron chi connectivity index (χ4n) is 3.83. The Morgan fingerprint density at radius 3 is 2.50 bits per heavy atom. The van der Waals surface area contributed by atoms with Crippen LogP contribution < -0.4 is 5.32 Å². The van der Waals surface area contributed by atoms with Crippen molar-refractivity contribution < 1.29 is 14.7 Å². The molecule has 0 radical (unpaired) electrons. The SMILES string of the molecule is CC1CCCCN1Cc1ccc(CNC(=O)N2CCC(C(=O)O)C2)cc1. The number of aliphatic carboxylic acids is 1. The molecule has 0 aliphatic carbocycles. The molecule has 0 saturated carbocycles. The highest BCUT2D eigenvalue weighted by atomic mass is 16.4. The quantitative estimate of drug-likeness (QED) is 0.848. The van der Waals surface area contributed by atoms with E-state index in [1.165, 1.54) is 31.4 Å². The molecule has 2 amide bonds. The second-order valence-corrected chi connectivity index (χ2v) is 7.56. The third-order valence-corrected chi connectivity index (χ3v) is 5.62. The van der Waals surface area contributed by atoms with E-state index in [2.05, 4.69) is 41.4 Å². The molecular formula is C20H29N3O3. The summed E-state index contributed by atoms with van der Waals surface area (Å²) < 4.78 is 0. The first kappa shape index (κ1) is 18.7. The Kier molecular flexibility index (Phi) is 6.14. The molecule has 0 bridgehead atoms. The number of piperidine rings is 1. The molecule has 2 aliphatic rings. The molecule has 142 valence electrons. The Labute approximate surface area is 155 Å². The monoisotopic (exact) mass is 359 g/mol. The van der Waals surface area contributed by atoms with Gasteiger partial charge in [-0.15, -0.1) is 0 Å². The van der Waals surface area contributed by atoms with Crippen molar-refractivity contribution in [3.8, 4) is 0 Å². The number of amides is 2. The third-order valence-electron chi connectivity index (χ3n) is 5.62. The number of carbonyl (C=O) groups excluding carboxylic acids is 1. The number of hydrogen-bond donors (Lipinski definition) is 2. The standard InChI is InChI=1S/C20H29N3O3/c1-15-4-2-3-10-22(15)13-17-7-5-16(6-8-17)12-21-20(26)23-11-9-18(14-23)19(24)25/h5-8,15,18H,2-4,9-14H2,1H3,(H,21,26)(H,24,25). The van der Waals surface area contributed by atoms with Gasteiger partial charge in [0.05, 0.1) is 5.92 Å². The van der Waals surface area contributed by atoms with Crippen molar-refractivity contribution in [2.24, 2.45) is 5.92 Å². The van der Waals surface area contributed by atoms with Crippen LogP contribution in [0.2, 0.25) is 0 Å². The molecule has 1 aromatic rings. The summed E-state index contributed by atoms with van der Waals surface area (Å²) in [4.78, 5) is 27.3. The summed E-state index contributed by atoms with van der Waals surface area (Å²) in [7, 11) is 0. The molecule has 6 nitrogen and oxygen atoms in total. The van der Waals surface area contributed by atoms with E-state index in [1.807, 2.05) is 0 Å². The number of nitrogens with zero attached hydrogens (tertiary/aromatic N) is 2. The number of nitrogens with one attached hydrogen (secondary N) is 1. The lowest BCUT2D eigenvalue weighted by molar-refractivity contribution is -0.141. The first-order valence-corrected chi connectivity index (χ1v) is 9.60. The molecule has 26 heavy (non-hydrogen) atoms. The maximum atomic E-state index is 12.2. The van der Waals surface area contributed by atoms with E-state index >= 15 is 0 Å². The van der Waals surface area contributed by atoms with E-state index in [9.17, 15) is 9.59 Å². The molecule has 0 aromatic heterocycles. The van der Waals surface area contributed by atoms with E-state index in [1.54, 1.807) is 4.90 Å². The molecule has 2 aliphatic heterocycles. The van der Waals surface area contributed by atoms with Gasteiger partial charge in [-0.25, -0.2) is 4.79 Å². The molecule has 2 heterocycles. The molecule has 2 saturated heterocycles. The largest absolute Gasteiger partial charge is 0.481 e. The molecule has 3 rings (SSSR count). The predicted molar refractivity (Wildman–Crippen MR) is 99.7 cm³/mol. The summed E-state index contributed by atoms with van der Waals surface area (Å²) >= 11 is 0. The fraction of sp³-hybridized carbons (Fsp3) is 0.600. The fourth-order valence-corrected chi connectivity index (χ4v) is 3.83. The van der Waals surface area contributed by atoms with Crippen molar-refractivity contribution >= 4 is 12.0 Å². The highest BCUT2D eigenvalue weighted by molar-refractivity contribution is 5.77. The van der Waals surface area contributed by atoms with Crippen molar-refractivity contribution in [1.29, 1.82) is 0 Å². The van der Waals surface area contributed by atoms with Gasteiger partial charge in [-0.2, -0.15) is 0 Å². The number of carboxylic acids is 1. The Hall–Kier alpha value is -2.08. The lowest BCUT2D eigenvalue weighted by Gasteiger charge is -2.33. The Bertz CT molecular complexity index is 632. The van der Waals surface area contributed by atoms with Crippen LogP contribution in [0, 0.1) is 5.92 Å². The predicted octanol–water partition coefficient (Wildman–Crippen LogP) is 2.68. The van der Waals surface area contributed by atoms with Crippen molar-refractivity contribution in [3.05, 3.63) is 35.4 Å². The lowest BCUT2D eigenvalue weighted by Crippen LogP contribution is -2.38. The highest BCUT2D eigenvalue weighted by Crippen LogP contribution is 2.19. The topological polar surface area (TPSA) is 72.9 Å². The Morgan fingerprint density at radius 1 is 1.12 bits per heavy atom. The van der Waals surface area contributed by atoms with Gasteiger partial charge in [-0.1, -0.05) is 30.7 Å². The van der Waals surface area contributed by atoms with Gasteiger partial charge in [0.15, 0.2) is 0 Å². The lowest BCUT2D eigenvalue weighted by atomic mass is 10.0. The summed E-state index contributed by atoms with van der Waals surface area (Å²) in [6.07, 6.45) is 4.43. The van der Waals surface area contributed by atoms with Crippen LogP contribution in [0.3, 0.4) is 0 Å². The van der Waals surface area contributed by atoms with Crippen LogP contribution in [-0.4, -0.2) is 52.6 Å². The van der Waals surface area contributed by atoms with Gasteiger partial charge >= 0.3 is 12.0 Å². The Balaban J connectivity index is 1.45. The molecule has 2 atom stereocenters. The summed E-state index contributed by atoms with van der Waals surface area (Å²) in [5, 5.41) is 11.9. The zero-order valence-corrected chi connectivity index (χ0v) is 15.5. The van der Waals surface area contributed by atoms with Gasteiger partial charge in [-0.3, -0.25) is 9.69 Å². The van der Waals surface area contributed by atoms with Crippen molar-refractivity contribution in [2.45, 2.75) is 51.7 Å². The first-order chi connectivity index (χ1) is 12.5. The average Bonchev–Trinajstić information content (AvgIpc) is 3.13. The molecule has 2 fully saturated rings. The molecule has 0 spiro atoms. The highest BCUT2D eigenvalue weighted by Gasteiger charge is 2.30. The van der Waals surface area contributed by atoms with E-state index in [4.69, 9.17) is 5.11 Å². The number of carboxylic acid groups (broad SMARTS) is 1. The number of carbonyl (C=O) groups is 2. The van der Waals surface area contributed by atoms with Crippen LogP contribution in [0.4, 0.5) is 4.79 Å². The molecule has 2 unspecified atom stereocenters. The summed E-state index contributed by atoms with van der Waals surface area (Å²) in [5.74, 6) is -1.25. The van der Waals surface area contributed by atoms with Crippen LogP contribution in [0.25, 0.3) is 0 Å². The normalized spacial score (nSPS) is 23.8. The number of hydrogen-bond acceptors (Lipinski definition) is 3. The van der Waals surface area contributed by atoms with E-state index in [0.717, 1.165) is 12.1 Å². The van der Waals surface area contributed by atoms with Crippen molar-refractivity contribution in [2.75, 3.05) is 19.6 Å². The number of rotatable bonds is 5. The molecular weight excluding hydrogens is 330 g/mol. The number of benzene rings is 1. The van der Waals surface area contributed by atoms with Gasteiger partial charge in [0.1, 0.15) is 0 Å². The van der Waals surface area contributed by atoms with Gasteiger partial charge < -0.3 is 15.3 Å². The van der Waals surface area contributed by atoms with Crippen molar-refractivity contribution in [1.82, 2.24) is 15.1 Å². The van der Waals surface area contributed by atoms with Crippen LogP contribution in [0.15, 0.2) is 24.3 Å². The summed E-state index contributed by atoms with van der Waals surface area (Å²) in [5.41, 5.74) is 2.36. The molecule has 1 aromatic carbocycles. The van der Waals surface area contributed by atoms with Crippen LogP contribution in [0.5, 0.6) is 0 Å². The minimum absolute atomic E-state index is 0.181. The van der Waals surface area contributed by atoms with E-state index < -0.39 is 11.9 Å². The van der Waals surface area contributed by atoms with Crippen molar-refractivity contribution in [3.63, 3.8) is 0 Å². The third kappa shape index (κ3) is 4.75. The average molecular weight is 359 g/mol. The van der Waals surface area contributed by atoms with E-state index in [-0.39, 0.29) is 6.03 Å². The van der Waals surface area contributed by atoms with Crippen LogP contribution in [-0.2, 0) is 17.9 Å². The van der Waals surface area contributed by atoms with Gasteiger partial charge in [-0.05, 0) is 43.9 Å². The zero-order chi connectivity index (χ0) is 18.5. The van der Waals surface area contributed by atoms with E-state index in [0.29, 0.717) is 32.1 Å². The number of likely N-dealkylation sites (tertiary alicyclic amines) is 2. The molecule has 6 heteroatoms. The summed E-state index contributed by atoms with van der Waals surface area (Å²) in [6.45, 7) is 5.73.